The summed E-state index contributed by atoms with van der Waals surface area (Å²) in [5.41, 5.74) is 8.86. The van der Waals surface area contributed by atoms with E-state index in [9.17, 15) is 0 Å². The minimum absolute atomic E-state index is 0. The number of allylic oxidation sites excluding steroid dienone is 1. The SMILES string of the molecule is C/C([NH-])=C/c1ccccc1.[Ac]. The zero-order valence-electron chi connectivity index (χ0n) is 6.54. The van der Waals surface area contributed by atoms with Gasteiger partial charge in [0.2, 0.25) is 0 Å². The summed E-state index contributed by atoms with van der Waals surface area (Å²) in [5.74, 6) is 0. The van der Waals surface area contributed by atoms with Crippen molar-refractivity contribution < 1.29 is 44.1 Å². The molecule has 55 valence electrons. The molecule has 2 heteroatoms. The van der Waals surface area contributed by atoms with Gasteiger partial charge in [0.05, 0.1) is 0 Å². The minimum atomic E-state index is 0. The van der Waals surface area contributed by atoms with Crippen molar-refractivity contribution in [1.82, 2.24) is 0 Å². The summed E-state index contributed by atoms with van der Waals surface area (Å²) in [6.07, 6.45) is 1.83. The van der Waals surface area contributed by atoms with Crippen molar-refractivity contribution in [3.63, 3.8) is 0 Å². The van der Waals surface area contributed by atoms with Crippen LogP contribution in [0.4, 0.5) is 0 Å². The van der Waals surface area contributed by atoms with Crippen LogP contribution in [-0.4, -0.2) is 0 Å². The third-order valence-corrected chi connectivity index (χ3v) is 1.18. The monoisotopic (exact) mass is 359 g/mol. The molecular formula is C9H10AcN-. The Hall–Kier alpha value is 0.202. The van der Waals surface area contributed by atoms with Crippen molar-refractivity contribution >= 4 is 6.08 Å². The largest absolute Gasteiger partial charge is 0.702 e. The molecule has 1 N–H and O–H groups in total. The molecule has 0 heterocycles. The fourth-order valence-corrected chi connectivity index (χ4v) is 0.799. The fourth-order valence-electron chi connectivity index (χ4n) is 0.799. The molecule has 0 aromatic heterocycles. The molecule has 0 aliphatic rings. The van der Waals surface area contributed by atoms with Gasteiger partial charge < -0.3 is 5.73 Å². The number of nitrogens with one attached hydrogen (secondary N) is 1. The van der Waals surface area contributed by atoms with Gasteiger partial charge >= 0.3 is 0 Å². The van der Waals surface area contributed by atoms with Crippen LogP contribution in [0.3, 0.4) is 0 Å². The van der Waals surface area contributed by atoms with Gasteiger partial charge in [-0.05, 0) is 5.56 Å². The fraction of sp³-hybridized carbons (Fsp3) is 0.111. The van der Waals surface area contributed by atoms with E-state index in [1.807, 2.05) is 36.4 Å². The summed E-state index contributed by atoms with van der Waals surface area (Å²) in [7, 11) is 0. The molecule has 1 aromatic carbocycles. The normalized spacial score (nSPS) is 10.5. The molecule has 0 aliphatic carbocycles. The standard InChI is InChI=1S/C9H10N.Ac/c1-8(10)7-9-5-3-2-4-6-9;/h2-7,10H,1H3;/q-1;/b8-7-;. The first-order valence-corrected chi connectivity index (χ1v) is 3.24. The predicted molar refractivity (Wildman–Crippen MR) is 44.4 cm³/mol. The Labute approximate surface area is 103 Å². The molecular weight excluding hydrogens is 349 g/mol. The van der Waals surface area contributed by atoms with Crippen LogP contribution in [0.2, 0.25) is 0 Å². The molecule has 0 unspecified atom stereocenters. The van der Waals surface area contributed by atoms with E-state index in [2.05, 4.69) is 0 Å². The Balaban J connectivity index is 0.000001000. The molecule has 0 aliphatic heterocycles. The van der Waals surface area contributed by atoms with E-state index >= 15 is 0 Å². The van der Waals surface area contributed by atoms with Crippen LogP contribution in [0.25, 0.3) is 11.8 Å². The van der Waals surface area contributed by atoms with Gasteiger partial charge in [-0.3, -0.25) is 0 Å². The summed E-state index contributed by atoms with van der Waals surface area (Å²) in [4.78, 5) is 0. The summed E-state index contributed by atoms with van der Waals surface area (Å²) < 4.78 is 0. The Bertz CT molecular complexity index is 225. The average molecular weight is 359 g/mol. The van der Waals surface area contributed by atoms with E-state index in [0.717, 1.165) is 5.56 Å². The Kier molecular flexibility index (Phi) is 5.91. The molecule has 1 aromatic rings. The van der Waals surface area contributed by atoms with Crippen LogP contribution in [0.15, 0.2) is 36.0 Å². The van der Waals surface area contributed by atoms with Gasteiger partial charge in [0, 0.05) is 44.1 Å². The zero-order valence-corrected chi connectivity index (χ0v) is 11.3. The molecule has 0 bridgehead atoms. The van der Waals surface area contributed by atoms with Crippen molar-refractivity contribution in [3.05, 3.63) is 47.3 Å². The summed E-state index contributed by atoms with van der Waals surface area (Å²) in [6.45, 7) is 1.77. The first kappa shape index (κ1) is 11.2. The average Bonchev–Trinajstić information content (AvgIpc) is 1.88. The second kappa shape index (κ2) is 5.80. The molecule has 1 nitrogen and oxygen atoms in total. The molecule has 0 atom stereocenters. The molecule has 0 saturated heterocycles. The molecule has 11 heavy (non-hydrogen) atoms. The molecule has 0 spiro atoms. The van der Waals surface area contributed by atoms with Gasteiger partial charge in [0.25, 0.3) is 0 Å². The first-order chi connectivity index (χ1) is 4.79. The van der Waals surface area contributed by atoms with Crippen LogP contribution in [-0.2, 0) is 0 Å². The van der Waals surface area contributed by atoms with Crippen LogP contribution < -0.4 is 0 Å². The smallest absolute Gasteiger partial charge is 0 e. The Morgan fingerprint density at radius 2 is 1.82 bits per heavy atom. The summed E-state index contributed by atoms with van der Waals surface area (Å²) in [5, 5.41) is 0. The van der Waals surface area contributed by atoms with Crippen molar-refractivity contribution in [1.29, 1.82) is 0 Å². The quantitative estimate of drug-likeness (QED) is 0.736. The van der Waals surface area contributed by atoms with Crippen molar-refractivity contribution in [2.24, 2.45) is 0 Å². The second-order valence-electron chi connectivity index (χ2n) is 2.24. The van der Waals surface area contributed by atoms with Gasteiger partial charge in [0.15, 0.2) is 0 Å². The maximum atomic E-state index is 7.18. The number of hydrogen-bond acceptors (Lipinski definition) is 0. The van der Waals surface area contributed by atoms with E-state index in [0.29, 0.717) is 5.70 Å². The maximum Gasteiger partial charge on any atom is 0 e. The topological polar surface area (TPSA) is 23.8 Å². The van der Waals surface area contributed by atoms with Crippen LogP contribution >= 0.6 is 0 Å². The first-order valence-electron chi connectivity index (χ1n) is 3.24. The molecule has 1 rings (SSSR count). The molecule has 1 radical (unpaired) electrons. The number of benzene rings is 1. The van der Waals surface area contributed by atoms with Gasteiger partial charge in [-0.1, -0.05) is 43.3 Å². The number of rotatable bonds is 1. The van der Waals surface area contributed by atoms with Crippen LogP contribution in [0, 0.1) is 44.1 Å². The third kappa shape index (κ3) is 4.61. The minimum Gasteiger partial charge on any atom is -0.702 e. The predicted octanol–water partition coefficient (Wildman–Crippen LogP) is 3.10. The van der Waals surface area contributed by atoms with E-state index in [1.54, 1.807) is 6.92 Å². The molecule has 0 fully saturated rings. The molecule has 0 saturated carbocycles. The maximum absolute atomic E-state index is 7.18. The van der Waals surface area contributed by atoms with E-state index in [1.165, 1.54) is 0 Å². The third-order valence-electron chi connectivity index (χ3n) is 1.18. The molecule has 0 amide bonds. The summed E-state index contributed by atoms with van der Waals surface area (Å²) >= 11 is 0. The van der Waals surface area contributed by atoms with Crippen LogP contribution in [0.5, 0.6) is 0 Å². The van der Waals surface area contributed by atoms with E-state index in [4.69, 9.17) is 5.73 Å². The van der Waals surface area contributed by atoms with E-state index in [-0.39, 0.29) is 44.1 Å². The van der Waals surface area contributed by atoms with Gasteiger partial charge in [-0.15, -0.1) is 0 Å². The van der Waals surface area contributed by atoms with Crippen molar-refractivity contribution in [2.75, 3.05) is 0 Å². The summed E-state index contributed by atoms with van der Waals surface area (Å²) in [6, 6.07) is 9.87. The van der Waals surface area contributed by atoms with Gasteiger partial charge in [-0.2, -0.15) is 5.70 Å². The van der Waals surface area contributed by atoms with Crippen LogP contribution in [0.1, 0.15) is 12.5 Å². The number of hydrogen-bond donors (Lipinski definition) is 0. The van der Waals surface area contributed by atoms with Gasteiger partial charge in [-0.25, -0.2) is 0 Å². The Morgan fingerprint density at radius 3 is 2.27 bits per heavy atom. The van der Waals surface area contributed by atoms with E-state index < -0.39 is 0 Å². The second-order valence-corrected chi connectivity index (χ2v) is 2.24. The van der Waals surface area contributed by atoms with Gasteiger partial charge in [0.1, 0.15) is 0 Å². The van der Waals surface area contributed by atoms with Crippen molar-refractivity contribution in [3.8, 4) is 0 Å². The van der Waals surface area contributed by atoms with Crippen molar-refractivity contribution in [2.45, 2.75) is 6.92 Å². The Morgan fingerprint density at radius 1 is 1.27 bits per heavy atom. The zero-order chi connectivity index (χ0) is 7.40.